The fourth-order valence-corrected chi connectivity index (χ4v) is 3.50. The minimum atomic E-state index is -1.04. The van der Waals surface area contributed by atoms with Crippen molar-refractivity contribution in [2.75, 3.05) is 0 Å². The van der Waals surface area contributed by atoms with Crippen molar-refractivity contribution in [2.24, 2.45) is 0 Å². The molecule has 0 aliphatic rings. The quantitative estimate of drug-likeness (QED) is 0.574. The van der Waals surface area contributed by atoms with Crippen LogP contribution in [0.1, 0.15) is 36.7 Å². The van der Waals surface area contributed by atoms with E-state index in [9.17, 15) is 13.6 Å². The van der Waals surface area contributed by atoms with Crippen molar-refractivity contribution in [3.05, 3.63) is 75.3 Å². The van der Waals surface area contributed by atoms with Crippen molar-refractivity contribution in [1.29, 1.82) is 0 Å². The monoisotopic (exact) mass is 367 g/mol. The molecule has 0 atom stereocenters. The van der Waals surface area contributed by atoms with Crippen LogP contribution in [0.3, 0.4) is 0 Å². The number of aromatic nitrogens is 3. The minimum Gasteiger partial charge on any atom is -0.323 e. The van der Waals surface area contributed by atoms with Gasteiger partial charge in [0.25, 0.3) is 0 Å². The van der Waals surface area contributed by atoms with E-state index < -0.39 is 17.2 Å². The maximum Gasteiger partial charge on any atom is 0.248 e. The van der Waals surface area contributed by atoms with E-state index >= 15 is 0 Å². The summed E-state index contributed by atoms with van der Waals surface area (Å²) < 4.78 is 29.8. The van der Waals surface area contributed by atoms with Crippen LogP contribution in [0.15, 0.2) is 41.2 Å². The normalized spacial score (nSPS) is 11.8. The fourth-order valence-electron chi connectivity index (χ4n) is 3.50. The zero-order valence-corrected chi connectivity index (χ0v) is 15.3. The van der Waals surface area contributed by atoms with Crippen LogP contribution in [0.2, 0.25) is 0 Å². The third-order valence-electron chi connectivity index (χ3n) is 4.77. The molecule has 0 radical (unpaired) electrons. The average Bonchev–Trinajstić information content (AvgIpc) is 2.96. The second-order valence-corrected chi connectivity index (χ2v) is 7.15. The minimum absolute atomic E-state index is 0.107. The van der Waals surface area contributed by atoms with Crippen LogP contribution in [-0.4, -0.2) is 14.5 Å². The summed E-state index contributed by atoms with van der Waals surface area (Å²) in [6.45, 7) is 6.45. The second-order valence-electron chi connectivity index (χ2n) is 7.15. The fraction of sp³-hybridized carbons (Fsp3) is 0.238. The third kappa shape index (κ3) is 2.91. The van der Waals surface area contributed by atoms with E-state index in [1.807, 2.05) is 29.7 Å². The predicted octanol–water partition coefficient (Wildman–Crippen LogP) is 4.64. The van der Waals surface area contributed by atoms with E-state index in [0.717, 1.165) is 28.5 Å². The van der Waals surface area contributed by atoms with Crippen LogP contribution in [0.5, 0.6) is 0 Å². The lowest BCUT2D eigenvalue weighted by Crippen LogP contribution is -2.13. The molecule has 0 amide bonds. The average molecular weight is 367 g/mol. The summed E-state index contributed by atoms with van der Waals surface area (Å²) in [6, 6.07) is 10.0. The van der Waals surface area contributed by atoms with Gasteiger partial charge < -0.3 is 9.55 Å². The number of halogens is 2. The molecule has 0 saturated carbocycles. The van der Waals surface area contributed by atoms with Crippen molar-refractivity contribution in [3.8, 4) is 0 Å². The smallest absolute Gasteiger partial charge is 0.248 e. The van der Waals surface area contributed by atoms with Crippen molar-refractivity contribution < 1.29 is 8.78 Å². The molecule has 0 aliphatic heterocycles. The van der Waals surface area contributed by atoms with Crippen molar-refractivity contribution in [2.45, 2.75) is 33.2 Å². The first-order chi connectivity index (χ1) is 12.8. The van der Waals surface area contributed by atoms with Gasteiger partial charge in [0.15, 0.2) is 11.6 Å². The molecule has 6 heteroatoms. The van der Waals surface area contributed by atoms with Crippen LogP contribution in [0.4, 0.5) is 8.78 Å². The molecule has 0 spiro atoms. The van der Waals surface area contributed by atoms with Crippen molar-refractivity contribution >= 4 is 21.9 Å². The van der Waals surface area contributed by atoms with E-state index in [0.29, 0.717) is 17.5 Å². The molecule has 0 fully saturated rings. The molecular weight excluding hydrogens is 348 g/mol. The van der Waals surface area contributed by atoms with Gasteiger partial charge in [-0.1, -0.05) is 19.9 Å². The van der Waals surface area contributed by atoms with Crippen LogP contribution in [-0.2, 0) is 6.54 Å². The van der Waals surface area contributed by atoms with Gasteiger partial charge in [0.05, 0.1) is 23.1 Å². The van der Waals surface area contributed by atoms with E-state index in [-0.39, 0.29) is 11.4 Å². The Morgan fingerprint density at radius 1 is 1.15 bits per heavy atom. The summed E-state index contributed by atoms with van der Waals surface area (Å²) in [4.78, 5) is 19.2. The summed E-state index contributed by atoms with van der Waals surface area (Å²) in [7, 11) is 0. The SMILES string of the molecule is Cc1ccc2nc(C(C)C)n(Cc3cc(=O)[nH]c4c(F)c(F)ccc34)c2c1. The Balaban J connectivity index is 1.98. The number of aryl methyl sites for hydroxylation is 1. The molecule has 0 unspecified atom stereocenters. The first kappa shape index (κ1) is 17.4. The first-order valence-corrected chi connectivity index (χ1v) is 8.82. The van der Waals surface area contributed by atoms with Gasteiger partial charge >= 0.3 is 0 Å². The van der Waals surface area contributed by atoms with Crippen molar-refractivity contribution in [1.82, 2.24) is 14.5 Å². The molecule has 4 aromatic rings. The number of pyridine rings is 1. The molecule has 2 aromatic heterocycles. The molecule has 2 aromatic carbocycles. The van der Waals surface area contributed by atoms with Gasteiger partial charge in [-0.2, -0.15) is 0 Å². The number of benzene rings is 2. The van der Waals surface area contributed by atoms with Crippen LogP contribution in [0.25, 0.3) is 21.9 Å². The maximum absolute atomic E-state index is 14.2. The Hall–Kier alpha value is -3.02. The largest absolute Gasteiger partial charge is 0.323 e. The number of imidazole rings is 1. The molecule has 4 rings (SSSR count). The second kappa shape index (κ2) is 6.30. The van der Waals surface area contributed by atoms with Gasteiger partial charge in [0.1, 0.15) is 5.82 Å². The summed E-state index contributed by atoms with van der Waals surface area (Å²) in [5.74, 6) is -0.976. The highest BCUT2D eigenvalue weighted by Crippen LogP contribution is 2.26. The lowest BCUT2D eigenvalue weighted by molar-refractivity contribution is 0.515. The van der Waals surface area contributed by atoms with Crippen LogP contribution < -0.4 is 5.56 Å². The Morgan fingerprint density at radius 2 is 1.93 bits per heavy atom. The number of hydrogen-bond acceptors (Lipinski definition) is 2. The highest BCUT2D eigenvalue weighted by atomic mass is 19.2. The lowest BCUT2D eigenvalue weighted by atomic mass is 10.1. The van der Waals surface area contributed by atoms with Gasteiger partial charge in [0.2, 0.25) is 5.56 Å². The number of hydrogen-bond donors (Lipinski definition) is 1. The van der Waals surface area contributed by atoms with Crippen LogP contribution >= 0.6 is 0 Å². The highest BCUT2D eigenvalue weighted by Gasteiger charge is 2.17. The molecule has 27 heavy (non-hydrogen) atoms. The Kier molecular flexibility index (Phi) is 4.06. The summed E-state index contributed by atoms with van der Waals surface area (Å²) >= 11 is 0. The van der Waals surface area contributed by atoms with E-state index in [2.05, 4.69) is 18.8 Å². The molecule has 0 bridgehead atoms. The topological polar surface area (TPSA) is 50.7 Å². The van der Waals surface area contributed by atoms with Gasteiger partial charge in [0, 0.05) is 17.4 Å². The van der Waals surface area contributed by atoms with Gasteiger partial charge in [-0.25, -0.2) is 13.8 Å². The number of nitrogens with zero attached hydrogens (tertiary/aromatic N) is 2. The van der Waals surface area contributed by atoms with Gasteiger partial charge in [-0.05, 0) is 42.3 Å². The molecule has 4 nitrogen and oxygen atoms in total. The molecule has 138 valence electrons. The van der Waals surface area contributed by atoms with E-state index in [1.165, 1.54) is 12.1 Å². The van der Waals surface area contributed by atoms with E-state index in [4.69, 9.17) is 4.98 Å². The Bertz CT molecular complexity index is 1240. The lowest BCUT2D eigenvalue weighted by Gasteiger charge is -2.14. The van der Waals surface area contributed by atoms with Crippen LogP contribution in [0, 0.1) is 18.6 Å². The number of nitrogens with one attached hydrogen (secondary N) is 1. The summed E-state index contributed by atoms with van der Waals surface area (Å²) in [6.07, 6.45) is 0. The molecule has 1 N–H and O–H groups in total. The van der Waals surface area contributed by atoms with Crippen molar-refractivity contribution in [3.63, 3.8) is 0 Å². The molecule has 2 heterocycles. The maximum atomic E-state index is 14.2. The zero-order valence-electron chi connectivity index (χ0n) is 15.3. The molecule has 0 aliphatic carbocycles. The number of fused-ring (bicyclic) bond motifs is 2. The predicted molar refractivity (Wildman–Crippen MR) is 102 cm³/mol. The number of H-pyrrole nitrogens is 1. The van der Waals surface area contributed by atoms with E-state index in [1.54, 1.807) is 0 Å². The summed E-state index contributed by atoms with van der Waals surface area (Å²) in [5.41, 5.74) is 2.97. The molecule has 0 saturated heterocycles. The Morgan fingerprint density at radius 3 is 2.67 bits per heavy atom. The first-order valence-electron chi connectivity index (χ1n) is 8.82. The molecular formula is C21H19F2N3O. The van der Waals surface area contributed by atoms with Gasteiger partial charge in [-0.15, -0.1) is 0 Å². The number of rotatable bonds is 3. The third-order valence-corrected chi connectivity index (χ3v) is 4.77. The zero-order chi connectivity index (χ0) is 19.3. The van der Waals surface area contributed by atoms with Gasteiger partial charge in [-0.3, -0.25) is 4.79 Å². The Labute approximate surface area is 154 Å². The highest BCUT2D eigenvalue weighted by molar-refractivity contribution is 5.83. The number of aromatic amines is 1. The standard InChI is InChI=1S/C21H19F2N3O/c1-11(2)21-24-16-7-4-12(3)8-17(16)26(21)10-13-9-18(27)25-20-14(13)5-6-15(22)19(20)23/h4-9,11H,10H2,1-3H3,(H,25,27). The summed E-state index contributed by atoms with van der Waals surface area (Å²) in [5, 5.41) is 0.484.